The molecule has 2 unspecified atom stereocenters. The van der Waals surface area contributed by atoms with E-state index in [0.29, 0.717) is 22.2 Å². The first-order valence-corrected chi connectivity index (χ1v) is 7.39. The van der Waals surface area contributed by atoms with Crippen molar-refractivity contribution in [2.75, 3.05) is 17.7 Å². The van der Waals surface area contributed by atoms with Crippen molar-refractivity contribution in [3.63, 3.8) is 0 Å². The number of hydrogen-bond acceptors (Lipinski definition) is 4. The first-order valence-electron chi connectivity index (χ1n) is 6.10. The number of nitrogens with one attached hydrogen (secondary N) is 1. The molecule has 2 atom stereocenters. The molecule has 18 heavy (non-hydrogen) atoms. The Morgan fingerprint density at radius 1 is 1.39 bits per heavy atom. The number of carbonyl (C=O) groups excluding carboxylic acids is 1. The van der Waals surface area contributed by atoms with Gasteiger partial charge in [0, 0.05) is 22.7 Å². The van der Waals surface area contributed by atoms with Crippen LogP contribution >= 0.6 is 11.8 Å². The Labute approximate surface area is 111 Å². The Morgan fingerprint density at radius 3 is 2.83 bits per heavy atom. The molecule has 0 radical (unpaired) electrons. The highest BCUT2D eigenvalue weighted by Gasteiger charge is 2.28. The van der Waals surface area contributed by atoms with Gasteiger partial charge < -0.3 is 16.8 Å². The zero-order valence-electron chi connectivity index (χ0n) is 10.5. The van der Waals surface area contributed by atoms with Gasteiger partial charge in [0.05, 0.1) is 5.56 Å². The molecular formula is C13H19N3OS. The maximum atomic E-state index is 12.2. The number of nitrogen functional groups attached to an aromatic ring is 2. The third-order valence-corrected chi connectivity index (χ3v) is 4.56. The van der Waals surface area contributed by atoms with Crippen LogP contribution in [0.1, 0.15) is 29.6 Å². The summed E-state index contributed by atoms with van der Waals surface area (Å²) in [7, 11) is 0. The lowest BCUT2D eigenvalue weighted by Gasteiger charge is -2.19. The smallest absolute Gasteiger partial charge is 0.253 e. The van der Waals surface area contributed by atoms with Crippen LogP contribution in [-0.2, 0) is 0 Å². The molecule has 0 aliphatic heterocycles. The van der Waals surface area contributed by atoms with Crippen molar-refractivity contribution < 1.29 is 4.79 Å². The van der Waals surface area contributed by atoms with Crippen molar-refractivity contribution in [2.45, 2.75) is 30.6 Å². The highest BCUT2D eigenvalue weighted by Crippen LogP contribution is 2.28. The standard InChI is InChI=1S/C13H19N3OS/c1-18-12-4-2-3-11(12)16-13(17)9-6-5-8(14)7-10(9)15/h5-7,11-12H,2-4,14-15H2,1H3,(H,16,17). The number of thioether (sulfide) groups is 1. The van der Waals surface area contributed by atoms with Crippen molar-refractivity contribution >= 4 is 29.0 Å². The lowest BCUT2D eigenvalue weighted by molar-refractivity contribution is 0.0939. The fraction of sp³-hybridized carbons (Fsp3) is 0.462. The number of anilines is 2. The molecule has 98 valence electrons. The number of rotatable bonds is 3. The van der Waals surface area contributed by atoms with E-state index in [0.717, 1.165) is 6.42 Å². The van der Waals surface area contributed by atoms with Crippen molar-refractivity contribution in [2.24, 2.45) is 0 Å². The van der Waals surface area contributed by atoms with Gasteiger partial charge in [-0.1, -0.05) is 6.42 Å². The van der Waals surface area contributed by atoms with Gasteiger partial charge in [-0.25, -0.2) is 0 Å². The fourth-order valence-corrected chi connectivity index (χ4v) is 3.34. The summed E-state index contributed by atoms with van der Waals surface area (Å²) in [6.07, 6.45) is 5.48. The Morgan fingerprint density at radius 2 is 2.17 bits per heavy atom. The second-order valence-electron chi connectivity index (χ2n) is 4.63. The number of nitrogens with two attached hydrogens (primary N) is 2. The summed E-state index contributed by atoms with van der Waals surface area (Å²) in [5.74, 6) is -0.0987. The summed E-state index contributed by atoms with van der Waals surface area (Å²) in [5.41, 5.74) is 13.0. The van der Waals surface area contributed by atoms with Crippen LogP contribution in [0.3, 0.4) is 0 Å². The molecule has 1 aliphatic carbocycles. The summed E-state index contributed by atoms with van der Waals surface area (Å²) >= 11 is 1.82. The highest BCUT2D eigenvalue weighted by atomic mass is 32.2. The van der Waals surface area contributed by atoms with Gasteiger partial charge in [-0.15, -0.1) is 0 Å². The maximum absolute atomic E-state index is 12.2. The Balaban J connectivity index is 2.07. The van der Waals surface area contributed by atoms with E-state index in [1.54, 1.807) is 18.2 Å². The predicted molar refractivity (Wildman–Crippen MR) is 77.7 cm³/mol. The maximum Gasteiger partial charge on any atom is 0.253 e. The van der Waals surface area contributed by atoms with Gasteiger partial charge in [0.1, 0.15) is 0 Å². The van der Waals surface area contributed by atoms with Crippen LogP contribution in [-0.4, -0.2) is 23.5 Å². The molecule has 4 nitrogen and oxygen atoms in total. The molecular weight excluding hydrogens is 246 g/mol. The predicted octanol–water partition coefficient (Wildman–Crippen LogP) is 1.86. The minimum atomic E-state index is -0.0987. The first kappa shape index (κ1) is 13.1. The zero-order chi connectivity index (χ0) is 13.1. The van der Waals surface area contributed by atoms with Crippen LogP contribution in [0.4, 0.5) is 11.4 Å². The lowest BCUT2D eigenvalue weighted by atomic mass is 10.1. The molecule has 0 heterocycles. The number of benzene rings is 1. The van der Waals surface area contributed by atoms with Crippen LogP contribution in [0.2, 0.25) is 0 Å². The molecule has 1 aliphatic rings. The Kier molecular flexibility index (Phi) is 4.01. The summed E-state index contributed by atoms with van der Waals surface area (Å²) in [5, 5.41) is 3.59. The van der Waals surface area contributed by atoms with Gasteiger partial charge >= 0.3 is 0 Å². The van der Waals surface area contributed by atoms with Crippen LogP contribution in [0.15, 0.2) is 18.2 Å². The molecule has 0 aromatic heterocycles. The average molecular weight is 265 g/mol. The second-order valence-corrected chi connectivity index (χ2v) is 5.71. The van der Waals surface area contributed by atoms with Crippen LogP contribution < -0.4 is 16.8 Å². The van der Waals surface area contributed by atoms with Crippen molar-refractivity contribution in [1.82, 2.24) is 5.32 Å². The minimum Gasteiger partial charge on any atom is -0.399 e. The van der Waals surface area contributed by atoms with Crippen molar-refractivity contribution in [1.29, 1.82) is 0 Å². The average Bonchev–Trinajstić information content (AvgIpc) is 2.76. The normalized spacial score (nSPS) is 22.9. The number of amides is 1. The molecule has 0 spiro atoms. The third kappa shape index (κ3) is 2.72. The van der Waals surface area contributed by atoms with Crippen molar-refractivity contribution in [3.05, 3.63) is 23.8 Å². The van der Waals surface area contributed by atoms with Crippen LogP contribution in [0.5, 0.6) is 0 Å². The monoisotopic (exact) mass is 265 g/mol. The van der Waals surface area contributed by atoms with E-state index in [9.17, 15) is 4.79 Å². The topological polar surface area (TPSA) is 81.1 Å². The van der Waals surface area contributed by atoms with Gasteiger partial charge in [0.25, 0.3) is 5.91 Å². The molecule has 1 aromatic carbocycles. The van der Waals surface area contributed by atoms with Crippen LogP contribution in [0, 0.1) is 0 Å². The summed E-state index contributed by atoms with van der Waals surface area (Å²) < 4.78 is 0. The van der Waals surface area contributed by atoms with Crippen molar-refractivity contribution in [3.8, 4) is 0 Å². The molecule has 5 heteroatoms. The van der Waals surface area contributed by atoms with Gasteiger partial charge in [0.15, 0.2) is 0 Å². The number of hydrogen-bond donors (Lipinski definition) is 3. The summed E-state index contributed by atoms with van der Waals surface area (Å²) in [4.78, 5) is 12.2. The van der Waals surface area contributed by atoms with E-state index >= 15 is 0 Å². The van der Waals surface area contributed by atoms with Gasteiger partial charge in [-0.2, -0.15) is 11.8 Å². The Hall–Kier alpha value is -1.36. The van der Waals surface area contributed by atoms with E-state index in [4.69, 9.17) is 11.5 Å². The third-order valence-electron chi connectivity index (χ3n) is 3.39. The largest absolute Gasteiger partial charge is 0.399 e. The van der Waals surface area contributed by atoms with E-state index in [2.05, 4.69) is 11.6 Å². The second kappa shape index (κ2) is 5.52. The van der Waals surface area contributed by atoms with E-state index in [1.807, 2.05) is 11.8 Å². The minimum absolute atomic E-state index is 0.0987. The zero-order valence-corrected chi connectivity index (χ0v) is 11.3. The number of carbonyl (C=O) groups is 1. The molecule has 1 fully saturated rings. The molecule has 5 N–H and O–H groups in total. The molecule has 1 aromatic rings. The first-order chi connectivity index (χ1) is 8.61. The van der Waals surface area contributed by atoms with Gasteiger partial charge in [-0.3, -0.25) is 4.79 Å². The SMILES string of the molecule is CSC1CCCC1NC(=O)c1ccc(N)cc1N. The summed E-state index contributed by atoms with van der Waals surface area (Å²) in [6, 6.07) is 5.26. The Bertz CT molecular complexity index is 450. The molecule has 0 saturated heterocycles. The van der Waals surface area contributed by atoms with Gasteiger partial charge in [0.2, 0.25) is 0 Å². The lowest BCUT2D eigenvalue weighted by Crippen LogP contribution is -2.38. The molecule has 0 bridgehead atoms. The van der Waals surface area contributed by atoms with Crippen LogP contribution in [0.25, 0.3) is 0 Å². The summed E-state index contributed by atoms with van der Waals surface area (Å²) in [6.45, 7) is 0. The molecule has 1 saturated carbocycles. The highest BCUT2D eigenvalue weighted by molar-refractivity contribution is 7.99. The van der Waals surface area contributed by atoms with E-state index in [1.165, 1.54) is 12.8 Å². The fourth-order valence-electron chi connectivity index (χ4n) is 2.41. The van der Waals surface area contributed by atoms with Gasteiger partial charge in [-0.05, 0) is 37.3 Å². The molecule has 2 rings (SSSR count). The van der Waals surface area contributed by atoms with E-state index in [-0.39, 0.29) is 11.9 Å². The molecule has 1 amide bonds. The van der Waals surface area contributed by atoms with E-state index < -0.39 is 0 Å². The quantitative estimate of drug-likeness (QED) is 0.729.